The van der Waals surface area contributed by atoms with Crippen LogP contribution < -0.4 is 5.73 Å². The first kappa shape index (κ1) is 22.8. The van der Waals surface area contributed by atoms with Crippen molar-refractivity contribution in [3.63, 3.8) is 0 Å². The topological polar surface area (TPSA) is 68.2 Å². The number of primary amides is 1. The Hall–Kier alpha value is -3.97. The van der Waals surface area contributed by atoms with E-state index in [0.717, 1.165) is 11.6 Å². The number of hydrogen-bond acceptors (Lipinski definition) is 2. The zero-order valence-corrected chi connectivity index (χ0v) is 18.9. The molecule has 3 N–H and O–H groups in total. The number of rotatable bonds is 4. The van der Waals surface area contributed by atoms with Crippen molar-refractivity contribution >= 4 is 39.3 Å². The van der Waals surface area contributed by atoms with E-state index < -0.39 is 17.6 Å². The molecule has 4 nitrogen and oxygen atoms in total. The summed E-state index contributed by atoms with van der Waals surface area (Å²) in [6.45, 7) is -0.137. The molecule has 0 aliphatic rings. The molecule has 176 valence electrons. The Balaban J connectivity index is 1.84. The van der Waals surface area contributed by atoms with Gasteiger partial charge in [-0.05, 0) is 59.2 Å². The number of carbonyl (C=O) groups is 1. The van der Waals surface area contributed by atoms with Gasteiger partial charge in [-0.1, -0.05) is 48.0 Å². The summed E-state index contributed by atoms with van der Waals surface area (Å²) in [5.74, 6) is -0.819. The number of nitrogens with two attached hydrogens (primary N) is 1. The number of aromatic nitrogens is 1. The number of amides is 1. The van der Waals surface area contributed by atoms with E-state index in [2.05, 4.69) is 0 Å². The van der Waals surface area contributed by atoms with Crippen LogP contribution in [0.25, 0.3) is 32.9 Å². The highest BCUT2D eigenvalue weighted by molar-refractivity contribution is 6.30. The van der Waals surface area contributed by atoms with Crippen LogP contribution in [0.5, 0.6) is 5.75 Å². The van der Waals surface area contributed by atoms with Crippen molar-refractivity contribution in [3.05, 3.63) is 101 Å². The van der Waals surface area contributed by atoms with Crippen molar-refractivity contribution in [2.45, 2.75) is 12.7 Å². The molecule has 5 rings (SSSR count). The van der Waals surface area contributed by atoms with E-state index in [1.165, 1.54) is 18.2 Å². The summed E-state index contributed by atoms with van der Waals surface area (Å²) >= 11 is 6.00. The largest absolute Gasteiger partial charge is 0.507 e. The third kappa shape index (κ3) is 3.98. The highest BCUT2D eigenvalue weighted by Gasteiger charge is 2.33. The first-order valence-corrected chi connectivity index (χ1v) is 11.0. The fourth-order valence-electron chi connectivity index (χ4n) is 4.53. The van der Waals surface area contributed by atoms with Gasteiger partial charge in [0.05, 0.1) is 22.0 Å². The maximum atomic E-state index is 13.7. The highest BCUT2D eigenvalue weighted by atomic mass is 35.5. The van der Waals surface area contributed by atoms with Gasteiger partial charge in [-0.25, -0.2) is 0 Å². The molecule has 0 aliphatic heterocycles. The van der Waals surface area contributed by atoms with Crippen LogP contribution in [0.15, 0.2) is 78.9 Å². The molecule has 0 unspecified atom stereocenters. The molecular weight excluding hydrogens is 477 g/mol. The molecule has 5 aromatic rings. The zero-order chi connectivity index (χ0) is 24.9. The molecule has 0 atom stereocenters. The third-order valence-corrected chi connectivity index (χ3v) is 6.32. The number of aromatic hydroxyl groups is 1. The Labute approximate surface area is 203 Å². The van der Waals surface area contributed by atoms with Crippen LogP contribution >= 0.6 is 11.6 Å². The molecule has 0 bridgehead atoms. The van der Waals surface area contributed by atoms with Crippen molar-refractivity contribution in [1.82, 2.24) is 4.57 Å². The lowest BCUT2D eigenvalue weighted by Gasteiger charge is -2.15. The number of benzene rings is 4. The van der Waals surface area contributed by atoms with Crippen LogP contribution in [0.2, 0.25) is 5.02 Å². The second-order valence-electron chi connectivity index (χ2n) is 8.20. The maximum absolute atomic E-state index is 13.7. The number of alkyl halides is 3. The van der Waals surface area contributed by atoms with Crippen LogP contribution in [-0.4, -0.2) is 15.6 Å². The fraction of sp³-hybridized carbons (Fsp3) is 0.0741. The Morgan fingerprint density at radius 2 is 1.60 bits per heavy atom. The van der Waals surface area contributed by atoms with Crippen molar-refractivity contribution in [2.75, 3.05) is 0 Å². The van der Waals surface area contributed by atoms with Gasteiger partial charge in [0.15, 0.2) is 0 Å². The van der Waals surface area contributed by atoms with Crippen LogP contribution in [0.3, 0.4) is 0 Å². The van der Waals surface area contributed by atoms with Crippen molar-refractivity contribution in [3.8, 4) is 16.9 Å². The average Bonchev–Trinajstić information content (AvgIpc) is 3.13. The van der Waals surface area contributed by atoms with E-state index in [-0.39, 0.29) is 23.4 Å². The second kappa shape index (κ2) is 8.36. The van der Waals surface area contributed by atoms with Crippen LogP contribution in [-0.2, 0) is 12.7 Å². The Morgan fingerprint density at radius 1 is 0.886 bits per heavy atom. The summed E-state index contributed by atoms with van der Waals surface area (Å²) in [7, 11) is 0. The first-order chi connectivity index (χ1) is 16.6. The fourth-order valence-corrected chi connectivity index (χ4v) is 4.65. The quantitative estimate of drug-likeness (QED) is 0.283. The molecule has 4 aromatic carbocycles. The number of fused-ring (bicyclic) bond motifs is 3. The lowest BCUT2D eigenvalue weighted by Crippen LogP contribution is -2.12. The summed E-state index contributed by atoms with van der Waals surface area (Å²) in [5, 5.41) is 12.3. The van der Waals surface area contributed by atoms with Gasteiger partial charge in [-0.15, -0.1) is 0 Å². The minimum Gasteiger partial charge on any atom is -0.507 e. The maximum Gasteiger partial charge on any atom is 0.416 e. The lowest BCUT2D eigenvalue weighted by atomic mass is 10.0. The number of carbonyl (C=O) groups excluding carboxylic acids is 1. The van der Waals surface area contributed by atoms with E-state index in [1.807, 2.05) is 0 Å². The van der Waals surface area contributed by atoms with E-state index in [1.54, 1.807) is 59.2 Å². The summed E-state index contributed by atoms with van der Waals surface area (Å²) in [6, 6.07) is 20.5. The normalized spacial score (nSPS) is 11.9. The Kier molecular flexibility index (Phi) is 5.44. The number of nitrogens with zero attached hydrogens (tertiary/aromatic N) is 1. The van der Waals surface area contributed by atoms with Gasteiger partial charge in [0.25, 0.3) is 0 Å². The Morgan fingerprint density at radius 3 is 2.29 bits per heavy atom. The standard InChI is InChI=1S/C27H18ClF3N2O2/c28-18-10-8-15(9-11-18)17-12-22-25(23(34)13-17)24-19(26(32)35)5-3-7-21(24)33(22)14-16-4-1-2-6-20(16)27(29,30)31/h1-13,34H,14H2,(H2,32,35). The highest BCUT2D eigenvalue weighted by Crippen LogP contribution is 2.41. The van der Waals surface area contributed by atoms with E-state index in [9.17, 15) is 23.1 Å². The molecule has 1 amide bonds. The lowest BCUT2D eigenvalue weighted by molar-refractivity contribution is -0.138. The van der Waals surface area contributed by atoms with Crippen LogP contribution in [0.1, 0.15) is 21.5 Å². The molecule has 0 fully saturated rings. The predicted molar refractivity (Wildman–Crippen MR) is 131 cm³/mol. The first-order valence-electron chi connectivity index (χ1n) is 10.6. The summed E-state index contributed by atoms with van der Waals surface area (Å²) in [4.78, 5) is 12.2. The minimum atomic E-state index is -4.54. The number of phenols is 1. The Bertz CT molecular complexity index is 1610. The van der Waals surface area contributed by atoms with Gasteiger partial charge < -0.3 is 15.4 Å². The molecule has 0 spiro atoms. The molecule has 0 saturated carbocycles. The molecule has 1 heterocycles. The summed E-state index contributed by atoms with van der Waals surface area (Å²) in [5.41, 5.74) is 7.43. The smallest absolute Gasteiger partial charge is 0.416 e. The molecule has 0 aliphatic carbocycles. The van der Waals surface area contributed by atoms with Gasteiger partial charge in [0, 0.05) is 22.5 Å². The molecule has 0 radical (unpaired) electrons. The molecule has 1 aromatic heterocycles. The van der Waals surface area contributed by atoms with Crippen LogP contribution in [0.4, 0.5) is 13.2 Å². The van der Waals surface area contributed by atoms with E-state index >= 15 is 0 Å². The minimum absolute atomic E-state index is 0.0552. The summed E-state index contributed by atoms with van der Waals surface area (Å²) < 4.78 is 42.9. The third-order valence-electron chi connectivity index (χ3n) is 6.07. The van der Waals surface area contributed by atoms with Gasteiger partial charge in [-0.2, -0.15) is 13.2 Å². The van der Waals surface area contributed by atoms with Gasteiger partial charge in [0.1, 0.15) is 5.75 Å². The van der Waals surface area contributed by atoms with Crippen molar-refractivity contribution in [1.29, 1.82) is 0 Å². The van der Waals surface area contributed by atoms with E-state index in [4.69, 9.17) is 17.3 Å². The van der Waals surface area contributed by atoms with Crippen molar-refractivity contribution in [2.24, 2.45) is 5.73 Å². The van der Waals surface area contributed by atoms with Gasteiger partial charge in [0.2, 0.25) is 5.91 Å². The van der Waals surface area contributed by atoms with Crippen molar-refractivity contribution < 1.29 is 23.1 Å². The number of phenolic OH excluding ortho intramolecular Hbond substituents is 1. The van der Waals surface area contributed by atoms with Gasteiger partial charge >= 0.3 is 6.18 Å². The average molecular weight is 495 g/mol. The molecule has 35 heavy (non-hydrogen) atoms. The number of halogens is 4. The molecule has 8 heteroatoms. The number of hydrogen-bond donors (Lipinski definition) is 2. The molecule has 0 saturated heterocycles. The SMILES string of the molecule is NC(=O)c1cccc2c1c1c(O)cc(-c3ccc(Cl)cc3)cc1n2Cc1ccccc1C(F)(F)F. The molecular formula is C27H18ClF3N2O2. The predicted octanol–water partition coefficient (Wildman–Crippen LogP) is 6.99. The monoisotopic (exact) mass is 494 g/mol. The van der Waals surface area contributed by atoms with Crippen LogP contribution in [0, 0.1) is 0 Å². The second-order valence-corrected chi connectivity index (χ2v) is 8.64. The zero-order valence-electron chi connectivity index (χ0n) is 18.1. The van der Waals surface area contributed by atoms with Gasteiger partial charge in [-0.3, -0.25) is 4.79 Å². The van der Waals surface area contributed by atoms with E-state index in [0.29, 0.717) is 32.4 Å². The summed E-state index contributed by atoms with van der Waals surface area (Å²) in [6.07, 6.45) is -4.54.